The molecule has 141 valence electrons. The van der Waals surface area contributed by atoms with Gasteiger partial charge in [0.1, 0.15) is 0 Å². The molecule has 0 saturated heterocycles. The molecule has 0 spiro atoms. The molecule has 0 aromatic heterocycles. The van der Waals surface area contributed by atoms with Gasteiger partial charge in [0, 0.05) is 0 Å². The molecule has 4 nitrogen and oxygen atoms in total. The van der Waals surface area contributed by atoms with Gasteiger partial charge in [0.15, 0.2) is 0 Å². The van der Waals surface area contributed by atoms with Gasteiger partial charge in [-0.2, -0.15) is 0 Å². The first kappa shape index (κ1) is 19.7. The summed E-state index contributed by atoms with van der Waals surface area (Å²) in [5.74, 6) is 0.157. The second kappa shape index (κ2) is 9.23. The Morgan fingerprint density at radius 3 is 2.48 bits per heavy atom. The molecular formula is C22H26AsN2O2. The van der Waals surface area contributed by atoms with Crippen molar-refractivity contribution in [3.8, 4) is 0 Å². The maximum atomic E-state index is 12.6. The zero-order valence-corrected chi connectivity index (χ0v) is 17.8. The maximum absolute atomic E-state index is 12.6. The van der Waals surface area contributed by atoms with E-state index in [1.54, 1.807) is 0 Å². The molecule has 1 heterocycles. The van der Waals surface area contributed by atoms with Gasteiger partial charge in [-0.3, -0.25) is 0 Å². The van der Waals surface area contributed by atoms with Crippen LogP contribution in [0.2, 0.25) is 5.21 Å². The van der Waals surface area contributed by atoms with Gasteiger partial charge in [0.25, 0.3) is 0 Å². The average molecular weight is 425 g/mol. The summed E-state index contributed by atoms with van der Waals surface area (Å²) in [5.41, 5.74) is 4.60. The number of amides is 2. The number of nitrogens with one attached hydrogen (secondary N) is 1. The van der Waals surface area contributed by atoms with Crippen LogP contribution in [0.25, 0.3) is 0 Å². The van der Waals surface area contributed by atoms with Gasteiger partial charge in [-0.1, -0.05) is 18.2 Å². The van der Waals surface area contributed by atoms with E-state index in [9.17, 15) is 9.59 Å². The Hall–Kier alpha value is -2.06. The number of fused-ring (bicyclic) bond motifs is 1. The Bertz CT molecular complexity index is 802. The van der Waals surface area contributed by atoms with Crippen LogP contribution in [-0.2, 0) is 24.2 Å². The van der Waals surface area contributed by atoms with E-state index in [2.05, 4.69) is 23.5 Å². The molecule has 27 heavy (non-hydrogen) atoms. The van der Waals surface area contributed by atoms with Crippen molar-refractivity contribution in [3.63, 3.8) is 0 Å². The Morgan fingerprint density at radius 2 is 1.78 bits per heavy atom. The molecule has 3 rings (SSSR count). The summed E-state index contributed by atoms with van der Waals surface area (Å²) in [7, 11) is 0. The third-order valence-corrected chi connectivity index (χ3v) is 7.46. The van der Waals surface area contributed by atoms with Gasteiger partial charge in [-0.15, -0.1) is 0 Å². The van der Waals surface area contributed by atoms with Crippen LogP contribution in [0.15, 0.2) is 48.5 Å². The summed E-state index contributed by atoms with van der Waals surface area (Å²) in [4.78, 5) is 26.1. The van der Waals surface area contributed by atoms with E-state index >= 15 is 0 Å². The zero-order chi connectivity index (χ0) is 19.2. The first-order valence-corrected chi connectivity index (χ1v) is 11.7. The number of hydrogen-bond donors (Lipinski definition) is 1. The normalized spacial score (nSPS) is 13.8. The Balaban J connectivity index is 1.50. The van der Waals surface area contributed by atoms with Crippen LogP contribution in [0.1, 0.15) is 30.5 Å². The second-order valence-electron chi connectivity index (χ2n) is 7.19. The minimum atomic E-state index is -0.224. The van der Waals surface area contributed by atoms with Crippen LogP contribution in [-0.4, -0.2) is 37.8 Å². The van der Waals surface area contributed by atoms with Crippen molar-refractivity contribution in [1.82, 2.24) is 4.90 Å². The average Bonchev–Trinajstić information content (AvgIpc) is 2.68. The van der Waals surface area contributed by atoms with E-state index in [1.807, 2.05) is 49.1 Å². The van der Waals surface area contributed by atoms with E-state index in [-0.39, 0.29) is 27.7 Å². The van der Waals surface area contributed by atoms with Crippen LogP contribution in [0.4, 0.5) is 10.5 Å². The Kier molecular flexibility index (Phi) is 6.73. The first-order chi connectivity index (χ1) is 13.0. The van der Waals surface area contributed by atoms with Crippen molar-refractivity contribution in [2.75, 3.05) is 11.9 Å². The summed E-state index contributed by atoms with van der Waals surface area (Å²) >= 11 is -0.224. The van der Waals surface area contributed by atoms with Crippen LogP contribution < -0.4 is 5.32 Å². The Morgan fingerprint density at radius 1 is 1.07 bits per heavy atom. The molecule has 2 amide bonds. The van der Waals surface area contributed by atoms with Crippen molar-refractivity contribution < 1.29 is 9.59 Å². The first-order valence-electron chi connectivity index (χ1n) is 9.46. The topological polar surface area (TPSA) is 49.4 Å². The van der Waals surface area contributed by atoms with E-state index in [4.69, 9.17) is 0 Å². The monoisotopic (exact) mass is 425 g/mol. The number of carbonyl (C=O) groups excluding carboxylic acids is 2. The predicted octanol–water partition coefficient (Wildman–Crippen LogP) is 4.12. The number of hydrogen-bond acceptors (Lipinski definition) is 2. The fourth-order valence-corrected chi connectivity index (χ4v) is 5.11. The van der Waals surface area contributed by atoms with Crippen molar-refractivity contribution in [1.29, 1.82) is 0 Å². The van der Waals surface area contributed by atoms with Gasteiger partial charge in [0.05, 0.1) is 0 Å². The number of carbonyl (C=O) groups is 2. The van der Waals surface area contributed by atoms with Crippen molar-refractivity contribution in [2.24, 2.45) is 5.92 Å². The van der Waals surface area contributed by atoms with Gasteiger partial charge in [-0.25, -0.2) is 0 Å². The van der Waals surface area contributed by atoms with E-state index in [0.717, 1.165) is 30.3 Å². The number of aryl methyl sites for hydroxylation is 1. The minimum absolute atomic E-state index is 0.0511. The van der Waals surface area contributed by atoms with E-state index in [0.29, 0.717) is 11.1 Å². The molecule has 1 aliphatic rings. The van der Waals surface area contributed by atoms with E-state index < -0.39 is 0 Å². The van der Waals surface area contributed by atoms with Crippen LogP contribution >= 0.6 is 0 Å². The van der Waals surface area contributed by atoms with Crippen LogP contribution in [0, 0.1) is 5.92 Å². The van der Waals surface area contributed by atoms with Crippen molar-refractivity contribution >= 4 is 32.0 Å². The third-order valence-electron chi connectivity index (χ3n) is 4.79. The van der Waals surface area contributed by atoms with Crippen molar-refractivity contribution in [2.45, 2.75) is 38.4 Å². The number of benzene rings is 2. The molecule has 1 aliphatic heterocycles. The van der Waals surface area contributed by atoms with Gasteiger partial charge < -0.3 is 0 Å². The van der Waals surface area contributed by atoms with E-state index in [1.165, 1.54) is 16.7 Å². The van der Waals surface area contributed by atoms with Crippen LogP contribution in [0.3, 0.4) is 0 Å². The molecule has 1 radical (unpaired) electrons. The van der Waals surface area contributed by atoms with Gasteiger partial charge >= 0.3 is 150 Å². The molecule has 1 N–H and O–H groups in total. The molecule has 0 bridgehead atoms. The van der Waals surface area contributed by atoms with Crippen molar-refractivity contribution in [3.05, 3.63) is 65.2 Å². The number of rotatable bonds is 6. The quantitative estimate of drug-likeness (QED) is 0.708. The molecule has 0 atom stereocenters. The summed E-state index contributed by atoms with van der Waals surface area (Å²) in [6.07, 6.45) is 1.83. The second-order valence-corrected chi connectivity index (χ2v) is 9.72. The molecule has 2 aromatic carbocycles. The zero-order valence-electron chi connectivity index (χ0n) is 15.9. The molecule has 0 saturated carbocycles. The SMILES string of the molecule is CC(C)C(=O)[As]CCc1ccc(NC(=O)N2CCc3ccccc3C2)cc1. The standard InChI is InChI=1S/C22H26AsN2O2/c1-16(2)21(26)23-13-11-17-7-9-20(10-8-17)24-22(27)25-14-12-18-5-3-4-6-19(18)15-25/h3-10,16H,11-15H2,1-2H3,(H,24,27). The Labute approximate surface area is 168 Å². The number of urea groups is 1. The summed E-state index contributed by atoms with van der Waals surface area (Å²) in [6.45, 7) is 5.34. The van der Waals surface area contributed by atoms with Gasteiger partial charge in [-0.05, 0) is 0 Å². The molecule has 0 aliphatic carbocycles. The predicted molar refractivity (Wildman–Crippen MR) is 110 cm³/mol. The van der Waals surface area contributed by atoms with Gasteiger partial charge in [0.2, 0.25) is 0 Å². The molecule has 2 aromatic rings. The summed E-state index contributed by atoms with van der Waals surface area (Å²) < 4.78 is 0.415. The fraction of sp³-hybridized carbons (Fsp3) is 0.364. The third kappa shape index (κ3) is 5.46. The molecule has 0 unspecified atom stereocenters. The molecule has 0 fully saturated rings. The molecule has 5 heteroatoms. The summed E-state index contributed by atoms with van der Waals surface area (Å²) in [5, 5.41) is 3.96. The summed E-state index contributed by atoms with van der Waals surface area (Å²) in [6, 6.07) is 16.2. The fourth-order valence-electron chi connectivity index (χ4n) is 3.10. The van der Waals surface area contributed by atoms with Crippen LogP contribution in [0.5, 0.6) is 0 Å². The number of nitrogens with zero attached hydrogens (tertiary/aromatic N) is 1. The number of anilines is 1. The molecular weight excluding hydrogens is 399 g/mol.